The van der Waals surface area contributed by atoms with Crippen LogP contribution in [0.1, 0.15) is 0 Å². The van der Waals surface area contributed by atoms with Crippen LogP contribution in [0.15, 0.2) is 73.1 Å². The predicted octanol–water partition coefficient (Wildman–Crippen LogP) is 4.84. The lowest BCUT2D eigenvalue weighted by Gasteiger charge is -2.11. The summed E-state index contributed by atoms with van der Waals surface area (Å²) in [7, 11) is 3.28. The number of benzene rings is 2. The van der Waals surface area contributed by atoms with Crippen LogP contribution >= 0.6 is 0 Å². The van der Waals surface area contributed by atoms with Gasteiger partial charge in [0.1, 0.15) is 23.1 Å². The van der Waals surface area contributed by atoms with Gasteiger partial charge in [0.2, 0.25) is 0 Å². The molecule has 3 heterocycles. The molecule has 158 valence electrons. The minimum absolute atomic E-state index is 0.575. The molecule has 0 fully saturated rings. The molecule has 0 amide bonds. The van der Waals surface area contributed by atoms with E-state index < -0.39 is 0 Å². The van der Waals surface area contributed by atoms with Crippen LogP contribution in [0.2, 0.25) is 0 Å². The van der Waals surface area contributed by atoms with Gasteiger partial charge in [-0.3, -0.25) is 10.1 Å². The molecule has 0 atom stereocenters. The Labute approximate surface area is 184 Å². The smallest absolute Gasteiger partial charge is 0.163 e. The minimum Gasteiger partial charge on any atom is -0.497 e. The summed E-state index contributed by atoms with van der Waals surface area (Å²) in [5, 5.41) is 11.6. The van der Waals surface area contributed by atoms with Crippen molar-refractivity contribution in [2.45, 2.75) is 0 Å². The van der Waals surface area contributed by atoms with Crippen LogP contribution in [-0.2, 0) is 0 Å². The highest BCUT2D eigenvalue weighted by Crippen LogP contribution is 2.31. The monoisotopic (exact) mass is 424 g/mol. The number of rotatable bonds is 6. The van der Waals surface area contributed by atoms with E-state index in [0.29, 0.717) is 17.5 Å². The lowest BCUT2D eigenvalue weighted by molar-refractivity contribution is 0.415. The molecule has 0 radical (unpaired) electrons. The van der Waals surface area contributed by atoms with Crippen molar-refractivity contribution in [1.82, 2.24) is 25.1 Å². The molecule has 8 heteroatoms. The summed E-state index contributed by atoms with van der Waals surface area (Å²) < 4.78 is 10.7. The Morgan fingerprint density at radius 2 is 1.69 bits per heavy atom. The van der Waals surface area contributed by atoms with E-state index in [1.807, 2.05) is 60.7 Å². The first-order chi connectivity index (χ1) is 15.7. The zero-order valence-electron chi connectivity index (χ0n) is 17.5. The van der Waals surface area contributed by atoms with E-state index in [0.717, 1.165) is 39.2 Å². The van der Waals surface area contributed by atoms with Gasteiger partial charge in [-0.1, -0.05) is 12.1 Å². The first-order valence-corrected chi connectivity index (χ1v) is 9.96. The van der Waals surface area contributed by atoms with Gasteiger partial charge in [-0.05, 0) is 42.5 Å². The fourth-order valence-electron chi connectivity index (χ4n) is 3.40. The summed E-state index contributed by atoms with van der Waals surface area (Å²) >= 11 is 0. The van der Waals surface area contributed by atoms with Crippen molar-refractivity contribution in [1.29, 1.82) is 0 Å². The van der Waals surface area contributed by atoms with Gasteiger partial charge in [0, 0.05) is 35.0 Å². The molecule has 0 spiro atoms. The fourth-order valence-corrected chi connectivity index (χ4v) is 3.40. The number of pyridine rings is 1. The maximum atomic E-state index is 5.40. The van der Waals surface area contributed by atoms with Crippen LogP contribution in [-0.4, -0.2) is 39.4 Å². The van der Waals surface area contributed by atoms with E-state index in [1.54, 1.807) is 26.6 Å². The molecule has 0 unspecified atom stereocenters. The normalized spacial score (nSPS) is 10.8. The first kappa shape index (κ1) is 19.5. The topological polar surface area (TPSA) is 97.8 Å². The highest BCUT2D eigenvalue weighted by atomic mass is 16.5. The zero-order chi connectivity index (χ0) is 21.9. The standard InChI is InChI=1S/C24H20N6O2/c1-31-17-7-3-5-15(11-17)21-13-22(30-29-21)27-24-19-12-18(32-2)8-9-20(19)26-23(28-24)16-6-4-10-25-14-16/h3-14H,1-2H3,(H2,26,27,28,29,30). The second-order valence-electron chi connectivity index (χ2n) is 7.04. The number of hydrogen-bond donors (Lipinski definition) is 2. The fraction of sp³-hybridized carbons (Fsp3) is 0.0833. The third-order valence-electron chi connectivity index (χ3n) is 5.02. The van der Waals surface area contributed by atoms with Crippen molar-refractivity contribution >= 4 is 22.5 Å². The molecule has 3 aromatic heterocycles. The second-order valence-corrected chi connectivity index (χ2v) is 7.04. The maximum absolute atomic E-state index is 5.40. The van der Waals surface area contributed by atoms with Crippen LogP contribution in [0, 0.1) is 0 Å². The molecule has 0 saturated carbocycles. The van der Waals surface area contributed by atoms with Crippen LogP contribution in [0.5, 0.6) is 11.5 Å². The Hall–Kier alpha value is -4.46. The molecular formula is C24H20N6O2. The SMILES string of the molecule is COc1cccc(-c2cc(Nc3nc(-c4cccnc4)nc4ccc(OC)cc34)[nH]n2)c1. The molecule has 0 aliphatic heterocycles. The second kappa shape index (κ2) is 8.35. The summed E-state index contributed by atoms with van der Waals surface area (Å²) in [6.45, 7) is 0. The summed E-state index contributed by atoms with van der Waals surface area (Å²) in [6.07, 6.45) is 3.46. The summed E-state index contributed by atoms with van der Waals surface area (Å²) in [5.74, 6) is 3.40. The number of aromatic amines is 1. The number of fused-ring (bicyclic) bond motifs is 1. The molecular weight excluding hydrogens is 404 g/mol. The average molecular weight is 424 g/mol. The molecule has 5 aromatic rings. The van der Waals surface area contributed by atoms with Crippen LogP contribution in [0.3, 0.4) is 0 Å². The summed E-state index contributed by atoms with van der Waals surface area (Å²) in [6, 6.07) is 19.2. The number of nitrogens with one attached hydrogen (secondary N) is 2. The van der Waals surface area contributed by atoms with Gasteiger partial charge < -0.3 is 14.8 Å². The van der Waals surface area contributed by atoms with E-state index >= 15 is 0 Å². The number of aromatic nitrogens is 5. The Kier molecular flexibility index (Phi) is 5.09. The maximum Gasteiger partial charge on any atom is 0.163 e. The van der Waals surface area contributed by atoms with Crippen molar-refractivity contribution in [2.75, 3.05) is 19.5 Å². The summed E-state index contributed by atoms with van der Waals surface area (Å²) in [5.41, 5.74) is 3.35. The lowest BCUT2D eigenvalue weighted by Crippen LogP contribution is -2.00. The van der Waals surface area contributed by atoms with Crippen molar-refractivity contribution in [3.05, 3.63) is 73.1 Å². The van der Waals surface area contributed by atoms with Crippen LogP contribution < -0.4 is 14.8 Å². The average Bonchev–Trinajstić information content (AvgIpc) is 3.33. The Bertz CT molecular complexity index is 1380. The molecule has 0 aliphatic carbocycles. The quantitative estimate of drug-likeness (QED) is 0.402. The van der Waals surface area contributed by atoms with Crippen molar-refractivity contribution < 1.29 is 9.47 Å². The minimum atomic E-state index is 0.575. The van der Waals surface area contributed by atoms with E-state index in [9.17, 15) is 0 Å². The zero-order valence-corrected chi connectivity index (χ0v) is 17.5. The number of H-pyrrole nitrogens is 1. The number of anilines is 2. The Morgan fingerprint density at radius 1 is 0.844 bits per heavy atom. The van der Waals surface area contributed by atoms with Gasteiger partial charge in [-0.25, -0.2) is 9.97 Å². The molecule has 32 heavy (non-hydrogen) atoms. The number of nitrogens with zero attached hydrogens (tertiary/aromatic N) is 4. The molecule has 8 nitrogen and oxygen atoms in total. The lowest BCUT2D eigenvalue weighted by atomic mass is 10.1. The van der Waals surface area contributed by atoms with Gasteiger partial charge in [-0.15, -0.1) is 0 Å². The third kappa shape index (κ3) is 3.81. The van der Waals surface area contributed by atoms with Gasteiger partial charge >= 0.3 is 0 Å². The highest BCUT2D eigenvalue weighted by molar-refractivity contribution is 5.93. The molecule has 0 saturated heterocycles. The molecule has 0 aliphatic rings. The first-order valence-electron chi connectivity index (χ1n) is 9.96. The highest BCUT2D eigenvalue weighted by Gasteiger charge is 2.13. The number of ether oxygens (including phenoxy) is 2. The summed E-state index contributed by atoms with van der Waals surface area (Å²) in [4.78, 5) is 13.7. The van der Waals surface area contributed by atoms with Gasteiger partial charge in [-0.2, -0.15) is 5.10 Å². The Balaban J connectivity index is 1.56. The van der Waals surface area contributed by atoms with E-state index in [1.165, 1.54) is 0 Å². The van der Waals surface area contributed by atoms with Gasteiger partial charge in [0.25, 0.3) is 0 Å². The number of methoxy groups -OCH3 is 2. The van der Waals surface area contributed by atoms with E-state index in [4.69, 9.17) is 19.4 Å². The largest absolute Gasteiger partial charge is 0.497 e. The van der Waals surface area contributed by atoms with Crippen molar-refractivity contribution in [2.24, 2.45) is 0 Å². The van der Waals surface area contributed by atoms with Crippen LogP contribution in [0.25, 0.3) is 33.5 Å². The van der Waals surface area contributed by atoms with E-state index in [-0.39, 0.29) is 0 Å². The van der Waals surface area contributed by atoms with Gasteiger partial charge in [0.05, 0.1) is 25.4 Å². The molecule has 5 rings (SSSR count). The van der Waals surface area contributed by atoms with E-state index in [2.05, 4.69) is 20.5 Å². The third-order valence-corrected chi connectivity index (χ3v) is 5.02. The van der Waals surface area contributed by atoms with Gasteiger partial charge in [0.15, 0.2) is 5.82 Å². The van der Waals surface area contributed by atoms with Crippen LogP contribution in [0.4, 0.5) is 11.6 Å². The molecule has 0 bridgehead atoms. The van der Waals surface area contributed by atoms with Crippen molar-refractivity contribution in [3.8, 4) is 34.1 Å². The predicted molar refractivity (Wildman–Crippen MR) is 123 cm³/mol. The molecule has 2 N–H and O–H groups in total. The molecule has 2 aromatic carbocycles. The number of hydrogen-bond acceptors (Lipinski definition) is 7. The van der Waals surface area contributed by atoms with Crippen molar-refractivity contribution in [3.63, 3.8) is 0 Å². The Morgan fingerprint density at radius 3 is 2.50 bits per heavy atom.